The molecule has 2 nitrogen and oxygen atoms in total. The summed E-state index contributed by atoms with van der Waals surface area (Å²) in [4.78, 5) is 3.98. The van der Waals surface area contributed by atoms with Gasteiger partial charge in [-0.1, -0.05) is 18.5 Å². The van der Waals surface area contributed by atoms with Crippen LogP contribution in [0.15, 0.2) is 12.1 Å². The highest BCUT2D eigenvalue weighted by molar-refractivity contribution is 7.16. The largest absolute Gasteiger partial charge is 0.317 e. The van der Waals surface area contributed by atoms with Crippen molar-refractivity contribution in [3.8, 4) is 0 Å². The summed E-state index contributed by atoms with van der Waals surface area (Å²) in [5.74, 6) is 0.751. The average molecular weight is 273 g/mol. The average Bonchev–Trinajstić information content (AvgIpc) is 2.73. The van der Waals surface area contributed by atoms with Crippen LogP contribution in [0.5, 0.6) is 0 Å². The molecule has 4 heteroatoms. The Hall–Kier alpha value is -0.0900. The Morgan fingerprint density at radius 1 is 1.53 bits per heavy atom. The van der Waals surface area contributed by atoms with Gasteiger partial charge in [-0.05, 0) is 44.5 Å². The molecule has 0 radical (unpaired) electrons. The van der Waals surface area contributed by atoms with Crippen LogP contribution >= 0.6 is 22.9 Å². The molecule has 2 rings (SSSR count). The summed E-state index contributed by atoms with van der Waals surface area (Å²) in [5, 5.41) is 3.41. The maximum absolute atomic E-state index is 5.94. The predicted molar refractivity (Wildman–Crippen MR) is 76.1 cm³/mol. The van der Waals surface area contributed by atoms with Crippen molar-refractivity contribution in [1.29, 1.82) is 0 Å². The van der Waals surface area contributed by atoms with Crippen molar-refractivity contribution in [3.05, 3.63) is 21.3 Å². The van der Waals surface area contributed by atoms with E-state index in [2.05, 4.69) is 30.3 Å². The van der Waals surface area contributed by atoms with Gasteiger partial charge in [0.25, 0.3) is 0 Å². The maximum atomic E-state index is 5.94. The number of nitrogens with zero attached hydrogens (tertiary/aromatic N) is 1. The smallest absolute Gasteiger partial charge is 0.0931 e. The van der Waals surface area contributed by atoms with E-state index >= 15 is 0 Å². The van der Waals surface area contributed by atoms with E-state index in [0.29, 0.717) is 6.04 Å². The highest BCUT2D eigenvalue weighted by atomic mass is 35.5. The zero-order valence-corrected chi connectivity index (χ0v) is 12.2. The van der Waals surface area contributed by atoms with Crippen molar-refractivity contribution in [1.82, 2.24) is 10.2 Å². The third-order valence-corrected chi connectivity index (χ3v) is 4.95. The van der Waals surface area contributed by atoms with Crippen LogP contribution in [0.4, 0.5) is 0 Å². The van der Waals surface area contributed by atoms with E-state index < -0.39 is 0 Å². The van der Waals surface area contributed by atoms with Crippen LogP contribution in [0.25, 0.3) is 0 Å². The second-order valence-electron chi connectivity index (χ2n) is 4.92. The molecule has 1 aliphatic rings. The van der Waals surface area contributed by atoms with Crippen molar-refractivity contribution in [2.75, 3.05) is 26.7 Å². The standard InChI is InChI=1S/C13H21ClN2S/c1-10-9-16(8-6-12(10)15-2)7-5-11-3-4-13(14)17-11/h3-4,10,12,15H,5-9H2,1-2H3. The zero-order chi connectivity index (χ0) is 12.3. The van der Waals surface area contributed by atoms with Crippen LogP contribution in [0.2, 0.25) is 4.34 Å². The van der Waals surface area contributed by atoms with Crippen molar-refractivity contribution >= 4 is 22.9 Å². The Balaban J connectivity index is 1.77. The molecule has 0 spiro atoms. The molecule has 2 heterocycles. The lowest BCUT2D eigenvalue weighted by Crippen LogP contribution is -2.47. The molecule has 17 heavy (non-hydrogen) atoms. The van der Waals surface area contributed by atoms with Crippen LogP contribution in [0.3, 0.4) is 0 Å². The molecule has 0 bridgehead atoms. The number of likely N-dealkylation sites (tertiary alicyclic amines) is 1. The summed E-state index contributed by atoms with van der Waals surface area (Å²) in [5.41, 5.74) is 0. The third-order valence-electron chi connectivity index (χ3n) is 3.66. The topological polar surface area (TPSA) is 15.3 Å². The SMILES string of the molecule is CNC1CCN(CCc2ccc(Cl)s2)CC1C. The number of hydrogen-bond acceptors (Lipinski definition) is 3. The molecule has 1 N–H and O–H groups in total. The van der Waals surface area contributed by atoms with E-state index in [4.69, 9.17) is 11.6 Å². The molecule has 1 aliphatic heterocycles. The number of nitrogens with one attached hydrogen (secondary N) is 1. The van der Waals surface area contributed by atoms with Crippen LogP contribution in [-0.2, 0) is 6.42 Å². The summed E-state index contributed by atoms with van der Waals surface area (Å²) in [6.45, 7) is 5.94. The van der Waals surface area contributed by atoms with Gasteiger partial charge in [-0.2, -0.15) is 0 Å². The minimum atomic E-state index is 0.697. The molecule has 0 saturated carbocycles. The molecule has 1 fully saturated rings. The van der Waals surface area contributed by atoms with Gasteiger partial charge in [0.2, 0.25) is 0 Å². The van der Waals surface area contributed by atoms with E-state index in [-0.39, 0.29) is 0 Å². The van der Waals surface area contributed by atoms with Crippen LogP contribution in [-0.4, -0.2) is 37.6 Å². The van der Waals surface area contributed by atoms with E-state index in [1.54, 1.807) is 11.3 Å². The summed E-state index contributed by atoms with van der Waals surface area (Å²) >= 11 is 7.65. The molecule has 0 aliphatic carbocycles. The molecule has 96 valence electrons. The number of hydrogen-bond donors (Lipinski definition) is 1. The Morgan fingerprint density at radius 3 is 2.94 bits per heavy atom. The lowest BCUT2D eigenvalue weighted by Gasteiger charge is -2.36. The Labute approximate surface area is 113 Å². The molecular weight excluding hydrogens is 252 g/mol. The molecule has 0 amide bonds. The van der Waals surface area contributed by atoms with E-state index in [0.717, 1.165) is 23.2 Å². The Morgan fingerprint density at radius 2 is 2.35 bits per heavy atom. The third kappa shape index (κ3) is 3.68. The zero-order valence-electron chi connectivity index (χ0n) is 10.6. The minimum Gasteiger partial charge on any atom is -0.317 e. The maximum Gasteiger partial charge on any atom is 0.0931 e. The summed E-state index contributed by atoms with van der Waals surface area (Å²) in [7, 11) is 2.07. The first-order valence-electron chi connectivity index (χ1n) is 6.33. The molecular formula is C13H21ClN2S. The van der Waals surface area contributed by atoms with Crippen LogP contribution in [0.1, 0.15) is 18.2 Å². The van der Waals surface area contributed by atoms with Gasteiger partial charge in [0.15, 0.2) is 0 Å². The molecule has 1 saturated heterocycles. The first-order chi connectivity index (χ1) is 8.19. The number of halogens is 1. The van der Waals surface area contributed by atoms with E-state index in [9.17, 15) is 0 Å². The fourth-order valence-corrected chi connectivity index (χ4v) is 3.69. The van der Waals surface area contributed by atoms with Gasteiger partial charge in [0.05, 0.1) is 4.34 Å². The molecule has 1 aromatic rings. The van der Waals surface area contributed by atoms with Gasteiger partial charge < -0.3 is 10.2 Å². The second kappa shape index (κ2) is 6.19. The van der Waals surface area contributed by atoms with Gasteiger partial charge >= 0.3 is 0 Å². The lowest BCUT2D eigenvalue weighted by molar-refractivity contribution is 0.153. The fourth-order valence-electron chi connectivity index (χ4n) is 2.62. The number of piperidine rings is 1. The Bertz CT molecular complexity index is 353. The normalized spacial score (nSPS) is 26.3. The summed E-state index contributed by atoms with van der Waals surface area (Å²) < 4.78 is 0.905. The first kappa shape index (κ1) is 13.3. The van der Waals surface area contributed by atoms with Gasteiger partial charge in [0.1, 0.15) is 0 Å². The molecule has 0 aromatic carbocycles. The number of rotatable bonds is 4. The van der Waals surface area contributed by atoms with Gasteiger partial charge in [-0.3, -0.25) is 0 Å². The van der Waals surface area contributed by atoms with Gasteiger partial charge in [0, 0.05) is 24.0 Å². The summed E-state index contributed by atoms with van der Waals surface area (Å²) in [6, 6.07) is 4.84. The van der Waals surface area contributed by atoms with Crippen molar-refractivity contribution in [3.63, 3.8) is 0 Å². The van der Waals surface area contributed by atoms with E-state index in [1.807, 2.05) is 6.07 Å². The summed E-state index contributed by atoms with van der Waals surface area (Å²) in [6.07, 6.45) is 2.40. The van der Waals surface area contributed by atoms with Crippen LogP contribution < -0.4 is 5.32 Å². The second-order valence-corrected chi connectivity index (χ2v) is 6.72. The first-order valence-corrected chi connectivity index (χ1v) is 7.52. The minimum absolute atomic E-state index is 0.697. The highest BCUT2D eigenvalue weighted by Gasteiger charge is 2.24. The predicted octanol–water partition coefficient (Wildman–Crippen LogP) is 2.87. The van der Waals surface area contributed by atoms with Gasteiger partial charge in [-0.15, -0.1) is 11.3 Å². The van der Waals surface area contributed by atoms with Crippen molar-refractivity contribution in [2.45, 2.75) is 25.8 Å². The number of thiophene rings is 1. The fraction of sp³-hybridized carbons (Fsp3) is 0.692. The molecule has 1 aromatic heterocycles. The Kier molecular flexibility index (Phi) is 4.86. The van der Waals surface area contributed by atoms with Crippen molar-refractivity contribution in [2.24, 2.45) is 5.92 Å². The van der Waals surface area contributed by atoms with Gasteiger partial charge in [-0.25, -0.2) is 0 Å². The monoisotopic (exact) mass is 272 g/mol. The lowest BCUT2D eigenvalue weighted by atomic mass is 9.94. The molecule has 2 unspecified atom stereocenters. The highest BCUT2D eigenvalue weighted by Crippen LogP contribution is 2.23. The quantitative estimate of drug-likeness (QED) is 0.907. The van der Waals surface area contributed by atoms with Crippen molar-refractivity contribution < 1.29 is 0 Å². The van der Waals surface area contributed by atoms with Crippen LogP contribution in [0, 0.1) is 5.92 Å². The molecule has 2 atom stereocenters. The van der Waals surface area contributed by atoms with E-state index in [1.165, 1.54) is 24.4 Å².